The van der Waals surface area contributed by atoms with Crippen molar-refractivity contribution in [2.24, 2.45) is 5.73 Å². The summed E-state index contributed by atoms with van der Waals surface area (Å²) in [4.78, 5) is 10.6. The Morgan fingerprint density at radius 3 is 2.75 bits per heavy atom. The molecule has 4 heteroatoms. The molecule has 2 N–H and O–H groups in total. The molecule has 1 heterocycles. The van der Waals surface area contributed by atoms with Crippen LogP contribution in [0.4, 0.5) is 0 Å². The highest BCUT2D eigenvalue weighted by atomic mass is 16.6. The number of benzene rings is 1. The first-order chi connectivity index (χ1) is 5.79. The van der Waals surface area contributed by atoms with Crippen molar-refractivity contribution in [3.8, 4) is 0 Å². The van der Waals surface area contributed by atoms with Crippen molar-refractivity contribution >= 4 is 11.2 Å². The second-order valence-corrected chi connectivity index (χ2v) is 2.44. The predicted octanol–water partition coefficient (Wildman–Crippen LogP) is 0.845. The van der Waals surface area contributed by atoms with Gasteiger partial charge in [-0.05, 0) is 17.7 Å². The second kappa shape index (κ2) is 2.49. The largest absolute Gasteiger partial charge is 0.519 e. The number of hydrogen-bond acceptors (Lipinski definition) is 4. The molecule has 0 saturated heterocycles. The summed E-state index contributed by atoms with van der Waals surface area (Å²) in [6.45, 7) is 0.421. The molecule has 2 rings (SSSR count). The molecular formula is C8H7NO3. The van der Waals surface area contributed by atoms with Gasteiger partial charge in [0.15, 0.2) is 11.2 Å². The van der Waals surface area contributed by atoms with E-state index in [-0.39, 0.29) is 0 Å². The van der Waals surface area contributed by atoms with E-state index >= 15 is 0 Å². The summed E-state index contributed by atoms with van der Waals surface area (Å²) in [5.74, 6) is -0.681. The lowest BCUT2D eigenvalue weighted by Crippen LogP contribution is -1.94. The molecule has 0 fully saturated rings. The lowest BCUT2D eigenvalue weighted by molar-refractivity contribution is 0.409. The standard InChI is InChI=1S/C8H7NO3/c9-4-5-1-2-6-7(3-5)12-8(10)11-6/h1-3H,4,9H2. The van der Waals surface area contributed by atoms with Gasteiger partial charge in [-0.3, -0.25) is 0 Å². The van der Waals surface area contributed by atoms with Crippen molar-refractivity contribution in [2.45, 2.75) is 6.54 Å². The van der Waals surface area contributed by atoms with Gasteiger partial charge in [-0.1, -0.05) is 6.07 Å². The molecule has 2 aromatic rings. The van der Waals surface area contributed by atoms with Gasteiger partial charge in [0.05, 0.1) is 0 Å². The maximum absolute atomic E-state index is 10.6. The van der Waals surface area contributed by atoms with Crippen LogP contribution in [0, 0.1) is 0 Å². The minimum Gasteiger partial charge on any atom is -0.391 e. The molecule has 0 unspecified atom stereocenters. The van der Waals surface area contributed by atoms with E-state index < -0.39 is 5.82 Å². The van der Waals surface area contributed by atoms with E-state index in [9.17, 15) is 4.79 Å². The van der Waals surface area contributed by atoms with Crippen molar-refractivity contribution in [1.29, 1.82) is 0 Å². The van der Waals surface area contributed by atoms with Gasteiger partial charge in [0.25, 0.3) is 0 Å². The van der Waals surface area contributed by atoms with Crippen LogP contribution in [0.25, 0.3) is 11.2 Å². The van der Waals surface area contributed by atoms with Crippen LogP contribution in [0.1, 0.15) is 5.56 Å². The van der Waals surface area contributed by atoms with E-state index in [0.717, 1.165) is 5.56 Å². The third-order valence-corrected chi connectivity index (χ3v) is 1.63. The van der Waals surface area contributed by atoms with Crippen LogP contribution < -0.4 is 11.6 Å². The highest BCUT2D eigenvalue weighted by Gasteiger charge is 2.02. The molecule has 0 spiro atoms. The molecule has 0 bridgehead atoms. The minimum absolute atomic E-state index is 0.421. The lowest BCUT2D eigenvalue weighted by atomic mass is 10.2. The molecular weight excluding hydrogens is 158 g/mol. The van der Waals surface area contributed by atoms with E-state index in [2.05, 4.69) is 0 Å². The van der Waals surface area contributed by atoms with Crippen LogP contribution in [-0.2, 0) is 6.54 Å². The lowest BCUT2D eigenvalue weighted by Gasteiger charge is -1.91. The molecule has 0 atom stereocenters. The Kier molecular flexibility index (Phi) is 1.48. The van der Waals surface area contributed by atoms with Crippen molar-refractivity contribution in [3.05, 3.63) is 34.4 Å². The zero-order valence-corrected chi connectivity index (χ0v) is 6.24. The van der Waals surface area contributed by atoms with Crippen molar-refractivity contribution in [2.75, 3.05) is 0 Å². The fraction of sp³-hybridized carbons (Fsp3) is 0.125. The first-order valence-electron chi connectivity index (χ1n) is 3.52. The third kappa shape index (κ3) is 1.02. The maximum atomic E-state index is 10.6. The van der Waals surface area contributed by atoms with Crippen molar-refractivity contribution in [1.82, 2.24) is 0 Å². The van der Waals surface area contributed by atoms with Crippen LogP contribution in [0.15, 0.2) is 31.8 Å². The zero-order chi connectivity index (χ0) is 8.55. The Labute approximate surface area is 67.6 Å². The number of fused-ring (bicyclic) bond motifs is 1. The molecule has 12 heavy (non-hydrogen) atoms. The first-order valence-corrected chi connectivity index (χ1v) is 3.52. The monoisotopic (exact) mass is 165 g/mol. The van der Waals surface area contributed by atoms with Crippen molar-refractivity contribution in [3.63, 3.8) is 0 Å². The third-order valence-electron chi connectivity index (χ3n) is 1.63. The summed E-state index contributed by atoms with van der Waals surface area (Å²) in [6.07, 6.45) is 0. The first kappa shape index (κ1) is 7.12. The summed E-state index contributed by atoms with van der Waals surface area (Å²) in [5, 5.41) is 0. The maximum Gasteiger partial charge on any atom is 0.519 e. The fourth-order valence-electron chi connectivity index (χ4n) is 1.04. The van der Waals surface area contributed by atoms with Crippen LogP contribution in [0.5, 0.6) is 0 Å². The minimum atomic E-state index is -0.681. The summed E-state index contributed by atoms with van der Waals surface area (Å²) in [7, 11) is 0. The summed E-state index contributed by atoms with van der Waals surface area (Å²) in [6, 6.07) is 5.16. The highest BCUT2D eigenvalue weighted by molar-refractivity contribution is 5.70. The number of rotatable bonds is 1. The van der Waals surface area contributed by atoms with E-state index in [1.54, 1.807) is 18.2 Å². The summed E-state index contributed by atoms with van der Waals surface area (Å²) >= 11 is 0. The Bertz CT molecular complexity index is 455. The van der Waals surface area contributed by atoms with Gasteiger partial charge < -0.3 is 14.6 Å². The van der Waals surface area contributed by atoms with Gasteiger partial charge in [-0.2, -0.15) is 0 Å². The number of hydrogen-bond donors (Lipinski definition) is 1. The molecule has 0 aliphatic heterocycles. The predicted molar refractivity (Wildman–Crippen MR) is 42.6 cm³/mol. The van der Waals surface area contributed by atoms with Crippen molar-refractivity contribution < 1.29 is 8.83 Å². The number of nitrogens with two attached hydrogens (primary N) is 1. The molecule has 0 aliphatic carbocycles. The fourth-order valence-corrected chi connectivity index (χ4v) is 1.04. The Balaban J connectivity index is 2.74. The topological polar surface area (TPSA) is 69.4 Å². The van der Waals surface area contributed by atoms with Gasteiger partial charge in [0, 0.05) is 6.54 Å². The van der Waals surface area contributed by atoms with Gasteiger partial charge in [-0.15, -0.1) is 0 Å². The molecule has 4 nitrogen and oxygen atoms in total. The Morgan fingerprint density at radius 2 is 2.00 bits per heavy atom. The van der Waals surface area contributed by atoms with E-state index in [1.165, 1.54) is 0 Å². The molecule has 1 aromatic heterocycles. The zero-order valence-electron chi connectivity index (χ0n) is 6.24. The molecule has 62 valence electrons. The second-order valence-electron chi connectivity index (χ2n) is 2.44. The molecule has 1 aromatic carbocycles. The van der Waals surface area contributed by atoms with Gasteiger partial charge in [-0.25, -0.2) is 4.79 Å². The van der Waals surface area contributed by atoms with E-state index in [0.29, 0.717) is 17.7 Å². The molecule has 0 radical (unpaired) electrons. The average Bonchev–Trinajstić information content (AvgIpc) is 2.43. The van der Waals surface area contributed by atoms with Crippen LogP contribution in [0.3, 0.4) is 0 Å². The van der Waals surface area contributed by atoms with E-state index in [1.807, 2.05) is 0 Å². The molecule has 0 saturated carbocycles. The van der Waals surface area contributed by atoms with Crippen LogP contribution >= 0.6 is 0 Å². The Morgan fingerprint density at radius 1 is 1.25 bits per heavy atom. The highest BCUT2D eigenvalue weighted by Crippen LogP contribution is 2.13. The quantitative estimate of drug-likeness (QED) is 0.679. The summed E-state index contributed by atoms with van der Waals surface area (Å²) < 4.78 is 9.44. The molecule has 0 amide bonds. The molecule has 0 aliphatic rings. The van der Waals surface area contributed by atoms with Crippen LogP contribution in [-0.4, -0.2) is 0 Å². The van der Waals surface area contributed by atoms with Gasteiger partial charge >= 0.3 is 5.82 Å². The van der Waals surface area contributed by atoms with Gasteiger partial charge in [0.2, 0.25) is 0 Å². The smallest absolute Gasteiger partial charge is 0.391 e. The Hall–Kier alpha value is -1.55. The van der Waals surface area contributed by atoms with Crippen LogP contribution in [0.2, 0.25) is 0 Å². The SMILES string of the molecule is NCc1ccc2oc(=O)oc2c1. The van der Waals surface area contributed by atoms with Gasteiger partial charge in [0.1, 0.15) is 0 Å². The normalized spacial score (nSPS) is 10.8. The average molecular weight is 165 g/mol. The van der Waals surface area contributed by atoms with E-state index in [4.69, 9.17) is 14.6 Å². The summed E-state index contributed by atoms with van der Waals surface area (Å²) in [5.41, 5.74) is 7.21.